The van der Waals surface area contributed by atoms with E-state index in [2.05, 4.69) is 15.9 Å². The molecule has 8 heavy (non-hydrogen) atoms. The van der Waals surface area contributed by atoms with E-state index in [0.29, 0.717) is 6.54 Å². The minimum absolute atomic E-state index is 0.441. The zero-order valence-corrected chi connectivity index (χ0v) is 5.76. The van der Waals surface area contributed by atoms with Crippen LogP contribution in [0.4, 0.5) is 0 Å². The maximum atomic E-state index is 10.4. The summed E-state index contributed by atoms with van der Waals surface area (Å²) in [6.45, 7) is 0.441. The van der Waals surface area contributed by atoms with Crippen molar-refractivity contribution in [2.24, 2.45) is 0 Å². The van der Waals surface area contributed by atoms with Crippen LogP contribution in [0, 0.1) is 5.21 Å². The lowest BCUT2D eigenvalue weighted by Gasteiger charge is -2.27. The molecule has 0 saturated carbocycles. The number of rotatable bonds is 0. The quantitative estimate of drug-likeness (QED) is 0.558. The van der Waals surface area contributed by atoms with E-state index in [1.165, 1.54) is 6.20 Å². The molecule has 0 unspecified atom stereocenters. The summed E-state index contributed by atoms with van der Waals surface area (Å²) in [5.41, 5.74) is 0. The average Bonchev–Trinajstić information content (AvgIpc) is 1.64. The highest BCUT2D eigenvalue weighted by Gasteiger charge is 1.92. The number of hydrogen-bond donors (Lipinski definition) is 0. The fraction of sp³-hybridized carbons (Fsp3) is 0.200. The van der Waals surface area contributed by atoms with Gasteiger partial charge in [-0.15, -0.1) is 0 Å². The zero-order chi connectivity index (χ0) is 5.98. The molecule has 0 aromatic rings. The highest BCUT2D eigenvalue weighted by atomic mass is 79.9. The predicted molar refractivity (Wildman–Crippen MR) is 36.2 cm³/mol. The second-order valence-electron chi connectivity index (χ2n) is 1.53. The largest absolute Gasteiger partial charge is 0.758 e. The second kappa shape index (κ2) is 2.33. The van der Waals surface area contributed by atoms with E-state index in [1.54, 1.807) is 6.08 Å². The van der Waals surface area contributed by atoms with Crippen LogP contribution in [-0.4, -0.2) is 11.6 Å². The minimum atomic E-state index is 0.441. The first-order valence-corrected chi connectivity index (χ1v) is 3.05. The van der Waals surface area contributed by atoms with Crippen molar-refractivity contribution < 1.29 is 0 Å². The molecule has 0 aromatic heterocycles. The van der Waals surface area contributed by atoms with Gasteiger partial charge in [-0.25, -0.2) is 0 Å². The summed E-state index contributed by atoms with van der Waals surface area (Å²) in [4.78, 5) is 0. The molecule has 0 aromatic carbocycles. The first kappa shape index (κ1) is 5.85. The standard InChI is InChI=1S/C5H5BrNO/c6-5-2-1-3-7(8)4-5/h1-3H,4H2/q-1. The van der Waals surface area contributed by atoms with E-state index in [4.69, 9.17) is 0 Å². The number of hydrogen-bond acceptors (Lipinski definition) is 2. The monoisotopic (exact) mass is 174 g/mol. The van der Waals surface area contributed by atoms with Crippen LogP contribution in [0.2, 0.25) is 0 Å². The summed E-state index contributed by atoms with van der Waals surface area (Å²) in [5, 5.41) is 11.3. The lowest BCUT2D eigenvalue weighted by molar-refractivity contribution is 0.560. The van der Waals surface area contributed by atoms with Crippen molar-refractivity contribution in [3.05, 3.63) is 28.0 Å². The molecule has 0 N–H and O–H groups in total. The van der Waals surface area contributed by atoms with Crippen molar-refractivity contribution >= 4 is 15.9 Å². The summed E-state index contributed by atoms with van der Waals surface area (Å²) < 4.78 is 0.926. The van der Waals surface area contributed by atoms with Gasteiger partial charge in [0.2, 0.25) is 0 Å². The molecule has 0 radical (unpaired) electrons. The summed E-state index contributed by atoms with van der Waals surface area (Å²) >= 11 is 3.20. The molecule has 3 heteroatoms. The Kier molecular flexibility index (Phi) is 1.70. The molecule has 0 amide bonds. The van der Waals surface area contributed by atoms with Crippen LogP contribution >= 0.6 is 15.9 Å². The lowest BCUT2D eigenvalue weighted by atomic mass is 10.4. The molecule has 1 heterocycles. The topological polar surface area (TPSA) is 26.3 Å². The van der Waals surface area contributed by atoms with Gasteiger partial charge in [0, 0.05) is 11.0 Å². The van der Waals surface area contributed by atoms with Crippen LogP contribution in [0.5, 0.6) is 0 Å². The van der Waals surface area contributed by atoms with Crippen molar-refractivity contribution in [2.75, 3.05) is 6.54 Å². The Balaban J connectivity index is 2.59. The SMILES string of the molecule is [O-]N1C=CC=C(Br)C1. The van der Waals surface area contributed by atoms with E-state index in [9.17, 15) is 5.21 Å². The van der Waals surface area contributed by atoms with Crippen molar-refractivity contribution in [1.82, 2.24) is 5.06 Å². The summed E-state index contributed by atoms with van der Waals surface area (Å²) in [7, 11) is 0. The number of allylic oxidation sites excluding steroid dienone is 2. The van der Waals surface area contributed by atoms with Crippen LogP contribution in [-0.2, 0) is 0 Å². The molecule has 1 aliphatic heterocycles. The fourth-order valence-electron chi connectivity index (χ4n) is 0.498. The molecule has 44 valence electrons. The van der Waals surface area contributed by atoms with Gasteiger partial charge in [0.05, 0.1) is 0 Å². The van der Waals surface area contributed by atoms with Gasteiger partial charge in [-0.3, -0.25) is 0 Å². The van der Waals surface area contributed by atoms with Gasteiger partial charge >= 0.3 is 0 Å². The van der Waals surface area contributed by atoms with E-state index in [-0.39, 0.29) is 0 Å². The van der Waals surface area contributed by atoms with Crippen LogP contribution < -0.4 is 0 Å². The first-order chi connectivity index (χ1) is 3.79. The molecular weight excluding hydrogens is 170 g/mol. The number of hydroxylamine groups is 2. The minimum Gasteiger partial charge on any atom is -0.758 e. The number of halogens is 1. The molecule has 1 aliphatic rings. The molecule has 0 atom stereocenters. The molecule has 0 fully saturated rings. The van der Waals surface area contributed by atoms with Crippen LogP contribution in [0.15, 0.2) is 22.8 Å². The Hall–Kier alpha value is -0.280. The maximum absolute atomic E-state index is 10.4. The van der Waals surface area contributed by atoms with E-state index >= 15 is 0 Å². The first-order valence-electron chi connectivity index (χ1n) is 2.25. The molecule has 0 spiro atoms. The van der Waals surface area contributed by atoms with Crippen molar-refractivity contribution in [3.8, 4) is 0 Å². The normalized spacial score (nSPS) is 18.8. The molecule has 0 bridgehead atoms. The van der Waals surface area contributed by atoms with Gasteiger partial charge in [0.25, 0.3) is 0 Å². The van der Waals surface area contributed by atoms with Gasteiger partial charge in [-0.05, 0) is 18.4 Å². The van der Waals surface area contributed by atoms with E-state index < -0.39 is 0 Å². The van der Waals surface area contributed by atoms with Gasteiger partial charge in [0.15, 0.2) is 0 Å². The van der Waals surface area contributed by atoms with Crippen molar-refractivity contribution in [3.63, 3.8) is 0 Å². The summed E-state index contributed by atoms with van der Waals surface area (Å²) in [6, 6.07) is 0. The van der Waals surface area contributed by atoms with E-state index in [0.717, 1.165) is 9.55 Å². The highest BCUT2D eigenvalue weighted by Crippen LogP contribution is 2.10. The third-order valence-corrected chi connectivity index (χ3v) is 1.35. The Bertz CT molecular complexity index is 141. The molecule has 0 aliphatic carbocycles. The Morgan fingerprint density at radius 1 is 1.75 bits per heavy atom. The van der Waals surface area contributed by atoms with Crippen LogP contribution in [0.3, 0.4) is 0 Å². The third-order valence-electron chi connectivity index (χ3n) is 0.836. The predicted octanol–water partition coefficient (Wildman–Crippen LogP) is 1.59. The smallest absolute Gasteiger partial charge is 0.0378 e. The van der Waals surface area contributed by atoms with Crippen molar-refractivity contribution in [2.45, 2.75) is 0 Å². The van der Waals surface area contributed by atoms with Crippen LogP contribution in [0.25, 0.3) is 0 Å². The van der Waals surface area contributed by atoms with Gasteiger partial charge < -0.3 is 10.3 Å². The average molecular weight is 175 g/mol. The lowest BCUT2D eigenvalue weighted by Crippen LogP contribution is -2.11. The Labute approximate surface area is 56.2 Å². The Morgan fingerprint density at radius 2 is 2.50 bits per heavy atom. The highest BCUT2D eigenvalue weighted by molar-refractivity contribution is 9.11. The number of nitrogens with zero attached hydrogens (tertiary/aromatic N) is 1. The van der Waals surface area contributed by atoms with Gasteiger partial charge in [-0.2, -0.15) is 0 Å². The molecule has 0 saturated heterocycles. The summed E-state index contributed by atoms with van der Waals surface area (Å²) in [5.74, 6) is 0. The molecule has 1 rings (SSSR count). The molecular formula is C5H5BrNO-. The van der Waals surface area contributed by atoms with Crippen LogP contribution in [0.1, 0.15) is 0 Å². The summed E-state index contributed by atoms with van der Waals surface area (Å²) in [6.07, 6.45) is 5.06. The van der Waals surface area contributed by atoms with Crippen molar-refractivity contribution in [1.29, 1.82) is 0 Å². The molecule has 2 nitrogen and oxygen atoms in total. The fourth-order valence-corrected chi connectivity index (χ4v) is 0.897. The zero-order valence-electron chi connectivity index (χ0n) is 4.17. The Morgan fingerprint density at radius 3 is 2.88 bits per heavy atom. The van der Waals surface area contributed by atoms with E-state index in [1.807, 2.05) is 6.08 Å². The van der Waals surface area contributed by atoms with Gasteiger partial charge in [0.1, 0.15) is 0 Å². The third kappa shape index (κ3) is 1.35. The maximum Gasteiger partial charge on any atom is 0.0378 e. The van der Waals surface area contributed by atoms with Gasteiger partial charge in [-0.1, -0.05) is 15.9 Å². The second-order valence-corrected chi connectivity index (χ2v) is 2.55.